The Morgan fingerprint density at radius 3 is 3.11 bits per heavy atom. The molecule has 1 aliphatic heterocycles. The smallest absolute Gasteiger partial charge is 0.342 e. The van der Waals surface area contributed by atoms with Gasteiger partial charge >= 0.3 is 5.82 Å². The molecule has 0 aliphatic carbocycles. The van der Waals surface area contributed by atoms with Crippen LogP contribution in [-0.4, -0.2) is 52.1 Å². The molecule has 1 aromatic rings. The van der Waals surface area contributed by atoms with Crippen molar-refractivity contribution in [2.75, 3.05) is 26.7 Å². The number of hydrogen-bond donors (Lipinski definition) is 1. The topological polar surface area (TPSA) is 76.2 Å². The summed E-state index contributed by atoms with van der Waals surface area (Å²) in [6.07, 6.45) is 3.71. The van der Waals surface area contributed by atoms with Crippen LogP contribution in [0.2, 0.25) is 0 Å². The predicted octanol–water partition coefficient (Wildman–Crippen LogP) is 0.784. The van der Waals surface area contributed by atoms with E-state index in [1.807, 2.05) is 0 Å². The van der Waals surface area contributed by atoms with Gasteiger partial charge in [-0.25, -0.2) is 9.55 Å². The van der Waals surface area contributed by atoms with Gasteiger partial charge in [0, 0.05) is 26.1 Å². The molecular weight excluding hydrogens is 246 g/mol. The maximum Gasteiger partial charge on any atom is 0.342 e. The van der Waals surface area contributed by atoms with E-state index >= 15 is 0 Å². The van der Waals surface area contributed by atoms with Crippen LogP contribution in [-0.2, 0) is 6.54 Å². The average molecular weight is 267 g/mol. The molecule has 2 heterocycles. The van der Waals surface area contributed by atoms with E-state index in [4.69, 9.17) is 0 Å². The van der Waals surface area contributed by atoms with E-state index in [-0.39, 0.29) is 10.7 Å². The SMILES string of the molecule is Cc1ncc([N+](=O)[O-])n1CCN(C)C1CCCNC1. The lowest BCUT2D eigenvalue weighted by Crippen LogP contribution is -2.45. The minimum atomic E-state index is -0.373. The van der Waals surface area contributed by atoms with Crippen molar-refractivity contribution in [3.8, 4) is 0 Å². The van der Waals surface area contributed by atoms with Gasteiger partial charge in [-0.15, -0.1) is 0 Å². The van der Waals surface area contributed by atoms with Crippen LogP contribution in [0.5, 0.6) is 0 Å². The van der Waals surface area contributed by atoms with Gasteiger partial charge in [0.25, 0.3) is 0 Å². The molecule has 1 unspecified atom stereocenters. The van der Waals surface area contributed by atoms with E-state index in [2.05, 4.69) is 22.2 Å². The molecule has 0 spiro atoms. The third-order valence-corrected chi connectivity index (χ3v) is 3.79. The highest BCUT2D eigenvalue weighted by Crippen LogP contribution is 2.14. The zero-order valence-electron chi connectivity index (χ0n) is 11.5. The molecule has 1 fully saturated rings. The van der Waals surface area contributed by atoms with Crippen LogP contribution in [0.1, 0.15) is 18.7 Å². The number of nitrogens with one attached hydrogen (secondary N) is 1. The summed E-state index contributed by atoms with van der Waals surface area (Å²) in [6, 6.07) is 0.525. The monoisotopic (exact) mass is 267 g/mol. The Bertz CT molecular complexity index is 439. The average Bonchev–Trinajstić information content (AvgIpc) is 2.78. The van der Waals surface area contributed by atoms with Crippen LogP contribution in [0.4, 0.5) is 5.82 Å². The predicted molar refractivity (Wildman–Crippen MR) is 72.1 cm³/mol. The molecule has 1 saturated heterocycles. The van der Waals surface area contributed by atoms with E-state index in [1.54, 1.807) is 11.5 Å². The number of nitrogens with zero attached hydrogens (tertiary/aromatic N) is 4. The summed E-state index contributed by atoms with van der Waals surface area (Å²) in [5.74, 6) is 0.773. The fourth-order valence-corrected chi connectivity index (χ4v) is 2.53. The molecule has 0 radical (unpaired) electrons. The summed E-state index contributed by atoms with van der Waals surface area (Å²) in [5, 5.41) is 14.3. The first kappa shape index (κ1) is 14.0. The van der Waals surface area contributed by atoms with Gasteiger partial charge in [-0.3, -0.25) is 4.90 Å². The number of piperidine rings is 1. The highest BCUT2D eigenvalue weighted by Gasteiger charge is 2.21. The van der Waals surface area contributed by atoms with Crippen LogP contribution in [0.25, 0.3) is 0 Å². The van der Waals surface area contributed by atoms with E-state index in [0.717, 1.165) is 19.6 Å². The lowest BCUT2D eigenvalue weighted by Gasteiger charge is -2.31. The number of rotatable bonds is 5. The van der Waals surface area contributed by atoms with Crippen molar-refractivity contribution in [1.82, 2.24) is 19.8 Å². The zero-order valence-corrected chi connectivity index (χ0v) is 11.5. The highest BCUT2D eigenvalue weighted by atomic mass is 16.6. The van der Waals surface area contributed by atoms with Gasteiger partial charge in [0.15, 0.2) is 5.82 Å². The van der Waals surface area contributed by atoms with E-state index in [0.29, 0.717) is 18.4 Å². The van der Waals surface area contributed by atoms with Gasteiger partial charge in [0.05, 0.1) is 0 Å². The fraction of sp³-hybridized carbons (Fsp3) is 0.750. The molecule has 2 rings (SSSR count). The highest BCUT2D eigenvalue weighted by molar-refractivity contribution is 5.18. The first-order valence-corrected chi connectivity index (χ1v) is 6.67. The van der Waals surface area contributed by atoms with Crippen LogP contribution in [0, 0.1) is 17.0 Å². The minimum Gasteiger partial charge on any atom is -0.358 e. The molecular formula is C12H21N5O2. The van der Waals surface area contributed by atoms with Crippen LogP contribution in [0.3, 0.4) is 0 Å². The number of imidazole rings is 1. The van der Waals surface area contributed by atoms with Crippen LogP contribution in [0.15, 0.2) is 6.20 Å². The maximum absolute atomic E-state index is 10.9. The molecule has 19 heavy (non-hydrogen) atoms. The molecule has 0 bridgehead atoms. The second-order valence-corrected chi connectivity index (χ2v) is 5.05. The third kappa shape index (κ3) is 3.30. The fourth-order valence-electron chi connectivity index (χ4n) is 2.53. The van der Waals surface area contributed by atoms with Gasteiger partial charge in [-0.1, -0.05) is 0 Å². The number of hydrogen-bond acceptors (Lipinski definition) is 5. The Balaban J connectivity index is 1.94. The molecule has 106 valence electrons. The van der Waals surface area contributed by atoms with Crippen molar-refractivity contribution in [2.24, 2.45) is 0 Å². The van der Waals surface area contributed by atoms with Crippen molar-refractivity contribution in [1.29, 1.82) is 0 Å². The number of nitro groups is 1. The largest absolute Gasteiger partial charge is 0.358 e. The molecule has 1 atom stereocenters. The molecule has 7 heteroatoms. The Morgan fingerprint density at radius 2 is 2.47 bits per heavy atom. The lowest BCUT2D eigenvalue weighted by atomic mass is 10.1. The van der Waals surface area contributed by atoms with Crippen LogP contribution < -0.4 is 5.32 Å². The first-order chi connectivity index (χ1) is 9.09. The van der Waals surface area contributed by atoms with Crippen molar-refractivity contribution in [3.63, 3.8) is 0 Å². The second-order valence-electron chi connectivity index (χ2n) is 5.05. The van der Waals surface area contributed by atoms with Gasteiger partial charge in [0.2, 0.25) is 0 Å². The lowest BCUT2D eigenvalue weighted by molar-refractivity contribution is -0.392. The third-order valence-electron chi connectivity index (χ3n) is 3.79. The Morgan fingerprint density at radius 1 is 1.68 bits per heavy atom. The first-order valence-electron chi connectivity index (χ1n) is 6.67. The van der Waals surface area contributed by atoms with Crippen molar-refractivity contribution in [3.05, 3.63) is 22.1 Å². The molecule has 1 aromatic heterocycles. The minimum absolute atomic E-state index is 0.0765. The standard InChI is InChI=1S/C12H21N5O2/c1-10-14-9-12(17(18)19)16(10)7-6-15(2)11-4-3-5-13-8-11/h9,11,13H,3-8H2,1-2H3. The molecule has 0 saturated carbocycles. The summed E-state index contributed by atoms with van der Waals surface area (Å²) < 4.78 is 1.67. The van der Waals surface area contributed by atoms with Gasteiger partial charge < -0.3 is 15.4 Å². The number of aromatic nitrogens is 2. The summed E-state index contributed by atoms with van der Waals surface area (Å²) >= 11 is 0. The Labute approximate surface area is 112 Å². The van der Waals surface area contributed by atoms with Crippen molar-refractivity contribution >= 4 is 5.82 Å². The maximum atomic E-state index is 10.9. The van der Waals surface area contributed by atoms with Gasteiger partial charge in [-0.2, -0.15) is 0 Å². The van der Waals surface area contributed by atoms with Gasteiger partial charge in [-0.05, 0) is 31.4 Å². The van der Waals surface area contributed by atoms with Gasteiger partial charge in [0.1, 0.15) is 12.7 Å². The van der Waals surface area contributed by atoms with Crippen LogP contribution >= 0.6 is 0 Å². The molecule has 7 nitrogen and oxygen atoms in total. The summed E-state index contributed by atoms with van der Waals surface area (Å²) in [5.41, 5.74) is 0. The second kappa shape index (κ2) is 6.12. The Hall–Kier alpha value is -1.47. The van der Waals surface area contributed by atoms with E-state index in [9.17, 15) is 10.1 Å². The molecule has 0 aromatic carbocycles. The number of likely N-dealkylation sites (N-methyl/N-ethyl adjacent to an activating group) is 1. The molecule has 0 amide bonds. The summed E-state index contributed by atoms with van der Waals surface area (Å²) in [7, 11) is 2.08. The Kier molecular flexibility index (Phi) is 4.49. The molecule has 1 aliphatic rings. The van der Waals surface area contributed by atoms with E-state index in [1.165, 1.54) is 19.0 Å². The van der Waals surface area contributed by atoms with E-state index < -0.39 is 0 Å². The van der Waals surface area contributed by atoms with Crippen molar-refractivity contribution < 1.29 is 4.92 Å². The summed E-state index contributed by atoms with van der Waals surface area (Å²) in [4.78, 5) is 16.8. The summed E-state index contributed by atoms with van der Waals surface area (Å²) in [6.45, 7) is 5.30. The number of aryl methyl sites for hydroxylation is 1. The quantitative estimate of drug-likeness (QED) is 0.630. The molecule has 1 N–H and O–H groups in total. The normalized spacial score (nSPS) is 19.8. The van der Waals surface area contributed by atoms with Crippen molar-refractivity contribution in [2.45, 2.75) is 32.4 Å². The zero-order chi connectivity index (χ0) is 13.8.